The second kappa shape index (κ2) is 3.91. The van der Waals surface area contributed by atoms with Crippen LogP contribution in [0.1, 0.15) is 19.3 Å². The second-order valence-corrected chi connectivity index (χ2v) is 5.25. The third-order valence-corrected chi connectivity index (χ3v) is 3.71. The molecule has 0 aromatic carbocycles. The van der Waals surface area contributed by atoms with Gasteiger partial charge >= 0.3 is 5.97 Å². The first-order valence-electron chi connectivity index (χ1n) is 6.10. The normalized spacial score (nSPS) is 16.7. The highest BCUT2D eigenvalue weighted by Crippen LogP contribution is 2.49. The second-order valence-electron chi connectivity index (χ2n) is 5.25. The molecule has 7 nitrogen and oxygen atoms in total. The zero-order valence-corrected chi connectivity index (χ0v) is 10.5. The Balaban J connectivity index is 1.96. The van der Waals surface area contributed by atoms with Gasteiger partial charge in [-0.3, -0.25) is 18.8 Å². The zero-order chi connectivity index (χ0) is 13.6. The summed E-state index contributed by atoms with van der Waals surface area (Å²) in [4.78, 5) is 27.3. The van der Waals surface area contributed by atoms with Crippen LogP contribution in [0.25, 0.3) is 11.0 Å². The minimum absolute atomic E-state index is 0.102. The highest BCUT2D eigenvalue weighted by molar-refractivity contribution is 5.72. The van der Waals surface area contributed by atoms with Crippen LogP contribution in [0.2, 0.25) is 0 Å². The Hall–Kier alpha value is -2.18. The molecular formula is C12H14N4O3. The van der Waals surface area contributed by atoms with Gasteiger partial charge in [0.25, 0.3) is 5.56 Å². The first-order valence-corrected chi connectivity index (χ1v) is 6.10. The van der Waals surface area contributed by atoms with Crippen molar-refractivity contribution in [3.8, 4) is 0 Å². The predicted octanol–water partition coefficient (Wildman–Crippen LogP) is 0.385. The van der Waals surface area contributed by atoms with Crippen molar-refractivity contribution in [3.63, 3.8) is 0 Å². The fourth-order valence-corrected chi connectivity index (χ4v) is 2.43. The van der Waals surface area contributed by atoms with E-state index in [2.05, 4.69) is 10.1 Å². The largest absolute Gasteiger partial charge is 0.481 e. The van der Waals surface area contributed by atoms with Crippen molar-refractivity contribution < 1.29 is 9.90 Å². The van der Waals surface area contributed by atoms with Crippen molar-refractivity contribution in [2.24, 2.45) is 12.5 Å². The lowest BCUT2D eigenvalue weighted by molar-refractivity contribution is -0.138. The van der Waals surface area contributed by atoms with Crippen LogP contribution in [0.15, 0.2) is 17.3 Å². The average Bonchev–Trinajstić information content (AvgIpc) is 2.97. The van der Waals surface area contributed by atoms with E-state index < -0.39 is 5.97 Å². The Morgan fingerprint density at radius 1 is 1.53 bits per heavy atom. The standard InChI is InChI=1S/C12H14N4O3/c1-15-10-8(5-14-15)11(19)16(7-13-10)6-12(2-3-12)4-9(17)18/h5,7H,2-4,6H2,1H3,(H,17,18). The van der Waals surface area contributed by atoms with Crippen LogP contribution in [0, 0.1) is 5.41 Å². The van der Waals surface area contributed by atoms with Gasteiger partial charge in [0.2, 0.25) is 0 Å². The molecule has 1 N–H and O–H groups in total. The molecule has 0 amide bonds. The predicted molar refractivity (Wildman–Crippen MR) is 66.7 cm³/mol. The molecule has 1 fully saturated rings. The fourth-order valence-electron chi connectivity index (χ4n) is 2.43. The quantitative estimate of drug-likeness (QED) is 0.860. The average molecular weight is 262 g/mol. The summed E-state index contributed by atoms with van der Waals surface area (Å²) in [7, 11) is 1.73. The monoisotopic (exact) mass is 262 g/mol. The van der Waals surface area contributed by atoms with Gasteiger partial charge in [-0.15, -0.1) is 0 Å². The maximum absolute atomic E-state index is 12.3. The summed E-state index contributed by atoms with van der Waals surface area (Å²) in [6.07, 6.45) is 4.77. The van der Waals surface area contributed by atoms with E-state index in [0.29, 0.717) is 17.6 Å². The first kappa shape index (κ1) is 11.9. The highest BCUT2D eigenvalue weighted by Gasteiger charge is 2.45. The maximum Gasteiger partial charge on any atom is 0.303 e. The van der Waals surface area contributed by atoms with Crippen molar-refractivity contribution in [2.45, 2.75) is 25.8 Å². The highest BCUT2D eigenvalue weighted by atomic mass is 16.4. The lowest BCUT2D eigenvalue weighted by Gasteiger charge is -2.13. The molecule has 0 aliphatic heterocycles. The maximum atomic E-state index is 12.3. The summed E-state index contributed by atoms with van der Waals surface area (Å²) in [6.45, 7) is 0.413. The molecule has 100 valence electrons. The molecule has 0 unspecified atom stereocenters. The molecule has 0 bridgehead atoms. The Kier molecular flexibility index (Phi) is 2.44. The molecule has 0 atom stereocenters. The first-order chi connectivity index (χ1) is 9.01. The third-order valence-electron chi connectivity index (χ3n) is 3.71. The summed E-state index contributed by atoms with van der Waals surface area (Å²) < 4.78 is 3.05. The van der Waals surface area contributed by atoms with Crippen LogP contribution < -0.4 is 5.56 Å². The van der Waals surface area contributed by atoms with E-state index in [4.69, 9.17) is 5.11 Å². The lowest BCUT2D eigenvalue weighted by Crippen LogP contribution is -2.26. The van der Waals surface area contributed by atoms with Crippen LogP contribution in [-0.4, -0.2) is 30.4 Å². The van der Waals surface area contributed by atoms with E-state index in [0.717, 1.165) is 12.8 Å². The molecule has 2 aromatic rings. The van der Waals surface area contributed by atoms with E-state index in [9.17, 15) is 9.59 Å². The van der Waals surface area contributed by atoms with Gasteiger partial charge in [-0.2, -0.15) is 5.10 Å². The van der Waals surface area contributed by atoms with E-state index in [1.54, 1.807) is 11.7 Å². The Morgan fingerprint density at radius 3 is 2.89 bits per heavy atom. The van der Waals surface area contributed by atoms with Crippen molar-refractivity contribution in [1.82, 2.24) is 19.3 Å². The number of nitrogens with zero attached hydrogens (tertiary/aromatic N) is 4. The Morgan fingerprint density at radius 2 is 2.26 bits per heavy atom. The summed E-state index contributed by atoms with van der Waals surface area (Å²) >= 11 is 0. The number of fused-ring (bicyclic) bond motifs is 1. The number of rotatable bonds is 4. The van der Waals surface area contributed by atoms with Crippen LogP contribution in [0.4, 0.5) is 0 Å². The number of carboxylic acid groups (broad SMARTS) is 1. The van der Waals surface area contributed by atoms with Gasteiger partial charge in [-0.05, 0) is 18.3 Å². The molecular weight excluding hydrogens is 248 g/mol. The van der Waals surface area contributed by atoms with E-state index >= 15 is 0 Å². The van der Waals surface area contributed by atoms with E-state index in [1.165, 1.54) is 17.1 Å². The van der Waals surface area contributed by atoms with Crippen LogP contribution >= 0.6 is 0 Å². The number of aliphatic carboxylic acids is 1. The van der Waals surface area contributed by atoms with Gasteiger partial charge in [-0.25, -0.2) is 4.98 Å². The number of aryl methyl sites for hydroxylation is 1. The minimum atomic E-state index is -0.819. The Labute approximate surface area is 108 Å². The molecule has 7 heteroatoms. The SMILES string of the molecule is Cn1ncc2c(=O)n(CC3(CC(=O)O)CC3)cnc21. The van der Waals surface area contributed by atoms with Crippen LogP contribution in [0.3, 0.4) is 0 Å². The van der Waals surface area contributed by atoms with Gasteiger partial charge in [0.05, 0.1) is 18.9 Å². The number of hydrogen-bond donors (Lipinski definition) is 1. The molecule has 2 heterocycles. The molecule has 0 saturated heterocycles. The molecule has 0 radical (unpaired) electrons. The lowest BCUT2D eigenvalue weighted by atomic mass is 10.0. The zero-order valence-electron chi connectivity index (χ0n) is 10.5. The topological polar surface area (TPSA) is 90.0 Å². The molecule has 1 aliphatic rings. The summed E-state index contributed by atoms with van der Waals surface area (Å²) in [5, 5.41) is 13.4. The van der Waals surface area contributed by atoms with Crippen molar-refractivity contribution in [2.75, 3.05) is 0 Å². The fraction of sp³-hybridized carbons (Fsp3) is 0.500. The molecule has 3 rings (SSSR count). The van der Waals surface area contributed by atoms with Gasteiger partial charge in [-0.1, -0.05) is 0 Å². The van der Waals surface area contributed by atoms with Crippen molar-refractivity contribution >= 4 is 17.0 Å². The molecule has 1 saturated carbocycles. The van der Waals surface area contributed by atoms with Gasteiger partial charge in [0, 0.05) is 13.6 Å². The van der Waals surface area contributed by atoms with E-state index in [1.807, 2.05) is 0 Å². The molecule has 1 aliphatic carbocycles. The number of carboxylic acids is 1. The third kappa shape index (κ3) is 2.00. The smallest absolute Gasteiger partial charge is 0.303 e. The Bertz CT molecular complexity index is 711. The molecule has 0 spiro atoms. The minimum Gasteiger partial charge on any atom is -0.481 e. The van der Waals surface area contributed by atoms with Gasteiger partial charge in [0.15, 0.2) is 5.65 Å². The number of aromatic nitrogens is 4. The van der Waals surface area contributed by atoms with Crippen molar-refractivity contribution in [1.29, 1.82) is 0 Å². The summed E-state index contributed by atoms with van der Waals surface area (Å²) in [5.41, 5.74) is 0.117. The van der Waals surface area contributed by atoms with Gasteiger partial charge in [0.1, 0.15) is 5.39 Å². The van der Waals surface area contributed by atoms with Crippen LogP contribution in [-0.2, 0) is 18.4 Å². The van der Waals surface area contributed by atoms with Crippen molar-refractivity contribution in [3.05, 3.63) is 22.9 Å². The molecule has 19 heavy (non-hydrogen) atoms. The summed E-state index contributed by atoms with van der Waals surface area (Å²) in [6, 6.07) is 0. The van der Waals surface area contributed by atoms with Crippen LogP contribution in [0.5, 0.6) is 0 Å². The number of hydrogen-bond acceptors (Lipinski definition) is 4. The van der Waals surface area contributed by atoms with Gasteiger partial charge < -0.3 is 5.11 Å². The van der Waals surface area contributed by atoms with E-state index in [-0.39, 0.29) is 17.4 Å². The molecule has 2 aromatic heterocycles. The summed E-state index contributed by atoms with van der Waals surface area (Å²) in [5.74, 6) is -0.819. The number of carbonyl (C=O) groups is 1.